The first-order valence-corrected chi connectivity index (χ1v) is 6.80. The summed E-state index contributed by atoms with van der Waals surface area (Å²) in [5.41, 5.74) is 1.55. The maximum Gasteiger partial charge on any atom is 0.271 e. The summed E-state index contributed by atoms with van der Waals surface area (Å²) in [5.74, 6) is 0. The Labute approximate surface area is 118 Å². The number of nitrogens with zero attached hydrogens (tertiary/aromatic N) is 4. The number of hydrogen-bond acceptors (Lipinski definition) is 5. The SMILES string of the molecule is CN(C)c1cc(Cl)nc2sc3c(=O)n(C)cnc3c12. The van der Waals surface area contributed by atoms with E-state index in [1.807, 2.05) is 19.0 Å². The van der Waals surface area contributed by atoms with Crippen molar-refractivity contribution < 1.29 is 0 Å². The Morgan fingerprint density at radius 3 is 2.84 bits per heavy atom. The Bertz CT molecular complexity index is 852. The highest BCUT2D eigenvalue weighted by Gasteiger charge is 2.16. The molecule has 3 rings (SSSR count). The van der Waals surface area contributed by atoms with Crippen LogP contribution in [0.25, 0.3) is 20.4 Å². The molecule has 0 aliphatic rings. The molecule has 0 aliphatic heterocycles. The van der Waals surface area contributed by atoms with Gasteiger partial charge in [-0.3, -0.25) is 4.79 Å². The van der Waals surface area contributed by atoms with Gasteiger partial charge in [-0.25, -0.2) is 9.97 Å². The maximum atomic E-state index is 12.1. The van der Waals surface area contributed by atoms with E-state index in [1.165, 1.54) is 22.2 Å². The number of rotatable bonds is 1. The quantitative estimate of drug-likeness (QED) is 0.646. The largest absolute Gasteiger partial charge is 0.377 e. The topological polar surface area (TPSA) is 51.0 Å². The molecular formula is C12H11ClN4OS. The summed E-state index contributed by atoms with van der Waals surface area (Å²) in [6.45, 7) is 0. The highest BCUT2D eigenvalue weighted by Crippen LogP contribution is 2.36. The lowest BCUT2D eigenvalue weighted by atomic mass is 10.2. The number of pyridine rings is 1. The second-order valence-electron chi connectivity index (χ2n) is 4.48. The monoisotopic (exact) mass is 294 g/mol. The lowest BCUT2D eigenvalue weighted by Crippen LogP contribution is -2.15. The van der Waals surface area contributed by atoms with Crippen LogP contribution in [-0.2, 0) is 7.05 Å². The Balaban J connectivity index is 2.58. The number of aromatic nitrogens is 3. The molecule has 0 atom stereocenters. The first-order chi connectivity index (χ1) is 8.99. The summed E-state index contributed by atoms with van der Waals surface area (Å²) in [6.07, 6.45) is 1.53. The van der Waals surface area contributed by atoms with Gasteiger partial charge in [-0.1, -0.05) is 11.6 Å². The summed E-state index contributed by atoms with van der Waals surface area (Å²) in [4.78, 5) is 23.5. The number of aryl methyl sites for hydroxylation is 1. The zero-order valence-corrected chi connectivity index (χ0v) is 12.2. The van der Waals surface area contributed by atoms with Gasteiger partial charge < -0.3 is 9.47 Å². The second kappa shape index (κ2) is 4.18. The van der Waals surface area contributed by atoms with E-state index < -0.39 is 0 Å². The van der Waals surface area contributed by atoms with E-state index in [9.17, 15) is 4.79 Å². The molecule has 0 radical (unpaired) electrons. The van der Waals surface area contributed by atoms with Crippen LogP contribution in [0.5, 0.6) is 0 Å². The molecule has 0 bridgehead atoms. The molecule has 3 heterocycles. The zero-order valence-electron chi connectivity index (χ0n) is 10.6. The third-order valence-corrected chi connectivity index (χ3v) is 4.20. The van der Waals surface area contributed by atoms with E-state index in [2.05, 4.69) is 9.97 Å². The molecule has 19 heavy (non-hydrogen) atoms. The van der Waals surface area contributed by atoms with Gasteiger partial charge in [0.25, 0.3) is 5.56 Å². The normalized spacial score (nSPS) is 11.4. The Kier molecular flexibility index (Phi) is 2.72. The van der Waals surface area contributed by atoms with Crippen LogP contribution in [0, 0.1) is 0 Å². The maximum absolute atomic E-state index is 12.1. The van der Waals surface area contributed by atoms with Crippen molar-refractivity contribution >= 4 is 49.1 Å². The predicted molar refractivity (Wildman–Crippen MR) is 79.5 cm³/mol. The van der Waals surface area contributed by atoms with Crippen LogP contribution >= 0.6 is 22.9 Å². The first-order valence-electron chi connectivity index (χ1n) is 5.60. The molecular weight excluding hydrogens is 284 g/mol. The minimum absolute atomic E-state index is 0.0613. The molecule has 0 N–H and O–H groups in total. The van der Waals surface area contributed by atoms with Crippen LogP contribution in [0.3, 0.4) is 0 Å². The van der Waals surface area contributed by atoms with Gasteiger partial charge in [0, 0.05) is 21.1 Å². The van der Waals surface area contributed by atoms with Gasteiger partial charge in [0.05, 0.1) is 22.9 Å². The lowest BCUT2D eigenvalue weighted by molar-refractivity contribution is 0.845. The van der Waals surface area contributed by atoms with Gasteiger partial charge in [0.2, 0.25) is 0 Å². The van der Waals surface area contributed by atoms with E-state index in [0.717, 1.165) is 15.9 Å². The standard InChI is InChI=1S/C12H11ClN4OS/c1-16(2)6-4-7(13)15-11-8(6)9-10(19-11)12(18)17(3)5-14-9/h4-5H,1-3H3. The molecule has 98 valence electrons. The molecule has 5 nitrogen and oxygen atoms in total. The average molecular weight is 295 g/mol. The minimum atomic E-state index is -0.0613. The van der Waals surface area contributed by atoms with Gasteiger partial charge >= 0.3 is 0 Å². The highest BCUT2D eigenvalue weighted by atomic mass is 35.5. The summed E-state index contributed by atoms with van der Waals surface area (Å²) in [5, 5.41) is 1.30. The Morgan fingerprint density at radius 2 is 2.16 bits per heavy atom. The van der Waals surface area contributed by atoms with Gasteiger partial charge in [-0.15, -0.1) is 11.3 Å². The smallest absolute Gasteiger partial charge is 0.271 e. The van der Waals surface area contributed by atoms with Crippen molar-refractivity contribution in [1.29, 1.82) is 0 Å². The fourth-order valence-corrected chi connectivity index (χ4v) is 3.37. The summed E-state index contributed by atoms with van der Waals surface area (Å²) < 4.78 is 2.08. The van der Waals surface area contributed by atoms with Crippen LogP contribution in [0.4, 0.5) is 5.69 Å². The van der Waals surface area contributed by atoms with Crippen molar-refractivity contribution in [1.82, 2.24) is 14.5 Å². The summed E-state index contributed by atoms with van der Waals surface area (Å²) in [7, 11) is 5.54. The van der Waals surface area contributed by atoms with Crippen molar-refractivity contribution in [2.75, 3.05) is 19.0 Å². The van der Waals surface area contributed by atoms with E-state index >= 15 is 0 Å². The highest BCUT2D eigenvalue weighted by molar-refractivity contribution is 7.25. The van der Waals surface area contributed by atoms with Crippen molar-refractivity contribution in [3.05, 3.63) is 27.9 Å². The Morgan fingerprint density at radius 1 is 1.42 bits per heavy atom. The molecule has 0 unspecified atom stereocenters. The van der Waals surface area contributed by atoms with E-state index in [0.29, 0.717) is 15.4 Å². The molecule has 0 spiro atoms. The second-order valence-corrected chi connectivity index (χ2v) is 5.87. The third-order valence-electron chi connectivity index (χ3n) is 2.94. The van der Waals surface area contributed by atoms with E-state index in [-0.39, 0.29) is 5.56 Å². The van der Waals surface area contributed by atoms with Crippen LogP contribution in [0.1, 0.15) is 0 Å². The molecule has 0 aliphatic carbocycles. The molecule has 0 fully saturated rings. The molecule has 0 saturated heterocycles. The molecule has 3 aromatic rings. The number of anilines is 1. The number of fused-ring (bicyclic) bond motifs is 3. The minimum Gasteiger partial charge on any atom is -0.377 e. The van der Waals surface area contributed by atoms with Crippen molar-refractivity contribution in [3.63, 3.8) is 0 Å². The van der Waals surface area contributed by atoms with Crippen LogP contribution in [0.2, 0.25) is 5.15 Å². The molecule has 3 aromatic heterocycles. The van der Waals surface area contributed by atoms with Crippen LogP contribution < -0.4 is 10.5 Å². The van der Waals surface area contributed by atoms with E-state index in [1.54, 1.807) is 13.1 Å². The summed E-state index contributed by atoms with van der Waals surface area (Å²) in [6, 6.07) is 1.79. The van der Waals surface area contributed by atoms with Gasteiger partial charge in [-0.05, 0) is 6.07 Å². The van der Waals surface area contributed by atoms with Gasteiger partial charge in [-0.2, -0.15) is 0 Å². The van der Waals surface area contributed by atoms with E-state index in [4.69, 9.17) is 11.6 Å². The Hall–Kier alpha value is -1.66. The number of thiophene rings is 1. The lowest BCUT2D eigenvalue weighted by Gasteiger charge is -2.13. The fourth-order valence-electron chi connectivity index (χ4n) is 2.01. The molecule has 0 saturated carbocycles. The average Bonchev–Trinajstić information content (AvgIpc) is 2.71. The van der Waals surface area contributed by atoms with Crippen molar-refractivity contribution in [2.24, 2.45) is 7.05 Å². The predicted octanol–water partition coefficient (Wildman–Crippen LogP) is 2.26. The zero-order chi connectivity index (χ0) is 13.7. The summed E-state index contributed by atoms with van der Waals surface area (Å²) >= 11 is 7.36. The molecule has 0 aromatic carbocycles. The van der Waals surface area contributed by atoms with Crippen LogP contribution in [0.15, 0.2) is 17.2 Å². The molecule has 7 heteroatoms. The van der Waals surface area contributed by atoms with Crippen LogP contribution in [-0.4, -0.2) is 28.6 Å². The first kappa shape index (κ1) is 12.4. The van der Waals surface area contributed by atoms with Gasteiger partial charge in [0.15, 0.2) is 0 Å². The molecule has 0 amide bonds. The van der Waals surface area contributed by atoms with Gasteiger partial charge in [0.1, 0.15) is 14.7 Å². The fraction of sp³-hybridized carbons (Fsp3) is 0.250. The third kappa shape index (κ3) is 1.79. The number of halogens is 1. The van der Waals surface area contributed by atoms with Crippen molar-refractivity contribution in [3.8, 4) is 0 Å². The number of hydrogen-bond donors (Lipinski definition) is 0. The van der Waals surface area contributed by atoms with Crippen molar-refractivity contribution in [2.45, 2.75) is 0 Å².